The molecule has 6 aromatic rings. The number of para-hydroxylation sites is 4. The number of hydroxylamine groups is 2. The first-order valence-corrected chi connectivity index (χ1v) is 25.8. The lowest BCUT2D eigenvalue weighted by Crippen LogP contribution is -2.65. The summed E-state index contributed by atoms with van der Waals surface area (Å²) in [5, 5.41) is 4.12. The van der Waals surface area contributed by atoms with Crippen molar-refractivity contribution in [1.29, 1.82) is 0 Å². The number of nitrogens with zero attached hydrogens (tertiary/aromatic N) is 2. The van der Waals surface area contributed by atoms with Crippen molar-refractivity contribution < 1.29 is 28.7 Å². The summed E-state index contributed by atoms with van der Waals surface area (Å²) in [4.78, 5) is 48.2. The maximum atomic E-state index is 16.4. The van der Waals surface area contributed by atoms with Gasteiger partial charge in [-0.05, 0) is 94.5 Å². The maximum Gasteiger partial charge on any atom is 0.203 e. The summed E-state index contributed by atoms with van der Waals surface area (Å²) in [5.41, 5.74) is 5.01. The van der Waals surface area contributed by atoms with E-state index in [-0.39, 0.29) is 24.4 Å². The molecule has 2 fully saturated rings. The van der Waals surface area contributed by atoms with Crippen molar-refractivity contribution in [3.8, 4) is 11.5 Å². The zero-order valence-corrected chi connectivity index (χ0v) is 42.5. The molecule has 13 rings (SSSR count). The molecule has 2 aliphatic carbocycles. The molecule has 8 atom stereocenters. The first-order valence-electron chi connectivity index (χ1n) is 25.8. The molecule has 6 bridgehead atoms. The molecular formula is C64H62N2O6. The fraction of sp³-hybridized carbons (Fsp3) is 0.344. The highest BCUT2D eigenvalue weighted by molar-refractivity contribution is 6.07. The number of Topliss-reactive ketones (excluding diaryl/α,β-unsaturated/α-hetero) is 2. The number of anilines is 2. The van der Waals surface area contributed by atoms with Crippen LogP contribution in [0.3, 0.4) is 0 Å². The maximum absolute atomic E-state index is 16.4. The lowest BCUT2D eigenvalue weighted by molar-refractivity contribution is -0.155. The van der Waals surface area contributed by atoms with Gasteiger partial charge in [-0.2, -0.15) is 0 Å². The van der Waals surface area contributed by atoms with Crippen molar-refractivity contribution in [2.45, 2.75) is 116 Å². The Bertz CT molecular complexity index is 3060. The number of ether oxygens (including phenoxy) is 2. The number of ketones is 2. The number of carbonyl (C=O) groups excluding carboxylic acids is 2. The molecule has 72 heavy (non-hydrogen) atoms. The minimum absolute atomic E-state index is 0.0445. The highest BCUT2D eigenvalue weighted by Gasteiger charge is 2.75. The van der Waals surface area contributed by atoms with Crippen LogP contribution in [0.2, 0.25) is 0 Å². The van der Waals surface area contributed by atoms with Gasteiger partial charge in [0.2, 0.25) is 11.6 Å². The van der Waals surface area contributed by atoms with Gasteiger partial charge < -0.3 is 9.47 Å². The van der Waals surface area contributed by atoms with Crippen LogP contribution in [-0.2, 0) is 44.9 Å². The minimum Gasteiger partial charge on any atom is -0.478 e. The SMILES string of the molecule is Cc1ccc(C2C3C45Cc6cccc(c6O4)CC4=CC6(C(C)(C)C)ON(c7ccccc7)C(c7ccc(C)cc7)C6C6(Cc7cccc(c7O6)CC(=CC3(C(C)(C)C)ON2c2ccccc2)C5=O)C4=O)cc1. The molecule has 0 N–H and O–H groups in total. The first-order chi connectivity index (χ1) is 34.5. The molecule has 8 heteroatoms. The zero-order chi connectivity index (χ0) is 49.7. The molecule has 0 saturated carbocycles. The van der Waals surface area contributed by atoms with Crippen LogP contribution in [0.1, 0.15) is 98.1 Å². The van der Waals surface area contributed by atoms with Gasteiger partial charge in [-0.15, -0.1) is 0 Å². The summed E-state index contributed by atoms with van der Waals surface area (Å²) >= 11 is 0. The largest absolute Gasteiger partial charge is 0.478 e. The average Bonchev–Trinajstić information content (AvgIpc) is 4.14. The van der Waals surface area contributed by atoms with Gasteiger partial charge in [-0.3, -0.25) is 19.3 Å². The van der Waals surface area contributed by atoms with Crippen molar-refractivity contribution >= 4 is 22.9 Å². The predicted octanol–water partition coefficient (Wildman–Crippen LogP) is 12.7. The number of rotatable bonds is 4. The second-order valence-electron chi connectivity index (χ2n) is 23.8. The Kier molecular flexibility index (Phi) is 9.65. The highest BCUT2D eigenvalue weighted by Crippen LogP contribution is 2.67. The molecule has 7 aliphatic rings. The van der Waals surface area contributed by atoms with E-state index in [1.54, 1.807) is 0 Å². The van der Waals surface area contributed by atoms with E-state index in [0.29, 0.717) is 35.5 Å². The van der Waals surface area contributed by atoms with E-state index in [9.17, 15) is 0 Å². The van der Waals surface area contributed by atoms with Crippen LogP contribution in [-0.4, -0.2) is 34.0 Å². The van der Waals surface area contributed by atoms with Gasteiger partial charge in [0.15, 0.2) is 11.2 Å². The summed E-state index contributed by atoms with van der Waals surface area (Å²) in [7, 11) is 0. The Morgan fingerprint density at radius 3 is 1.18 bits per heavy atom. The van der Waals surface area contributed by atoms with Crippen LogP contribution in [0.5, 0.6) is 11.5 Å². The predicted molar refractivity (Wildman–Crippen MR) is 280 cm³/mol. The average molecular weight is 955 g/mol. The Hall–Kier alpha value is -6.74. The van der Waals surface area contributed by atoms with Crippen molar-refractivity contribution in [1.82, 2.24) is 0 Å². The second-order valence-corrected chi connectivity index (χ2v) is 23.8. The minimum atomic E-state index is -1.39. The van der Waals surface area contributed by atoms with Crippen molar-refractivity contribution in [2.24, 2.45) is 22.7 Å². The standard InChI is InChI=1S/C64H62N2O6/c1-39-25-29-41(30-26-39)51-55-61-35-45-19-15-17-43(53(45)69-61)34-48-38-64(60(6,7)8)56(52(42-31-27-40(2)28-32-42)66(72-64)50-23-13-10-14-24-50)62(58(48)68)36-46-20-16-18-44(54(46)70-62)33-47(57(61)67)37-63(55,59(3,4)5)71-65(51)49-21-11-9-12-22-49/h9-32,37-38,51-52,55-56H,33-36H2,1-8H3. The number of carbonyl (C=O) groups is 2. The summed E-state index contributed by atoms with van der Waals surface area (Å²) < 4.78 is 15.5. The quantitative estimate of drug-likeness (QED) is 0.173. The number of aryl methyl sites for hydroxylation is 2. The van der Waals surface area contributed by atoms with Crippen molar-refractivity contribution in [3.05, 3.63) is 213 Å². The molecular weight excluding hydrogens is 893 g/mol. The molecule has 5 aliphatic heterocycles. The third-order valence-corrected chi connectivity index (χ3v) is 17.5. The second kappa shape index (κ2) is 15.4. The van der Waals surface area contributed by atoms with Crippen LogP contribution in [0.25, 0.3) is 0 Å². The third-order valence-electron chi connectivity index (χ3n) is 17.5. The summed E-state index contributed by atoms with van der Waals surface area (Å²) in [6.07, 6.45) is 5.50. The number of fused-ring (bicyclic) bond motifs is 4. The van der Waals surface area contributed by atoms with Crippen LogP contribution in [0.15, 0.2) is 169 Å². The van der Waals surface area contributed by atoms with Gasteiger partial charge in [0.1, 0.15) is 22.7 Å². The molecule has 5 heterocycles. The van der Waals surface area contributed by atoms with Gasteiger partial charge in [-0.25, -0.2) is 10.1 Å². The smallest absolute Gasteiger partial charge is 0.203 e. The molecule has 2 spiro atoms. The summed E-state index contributed by atoms with van der Waals surface area (Å²) in [6, 6.07) is 49.4. The van der Waals surface area contributed by atoms with E-state index in [0.717, 1.165) is 55.9 Å². The summed E-state index contributed by atoms with van der Waals surface area (Å²) in [5.74, 6) is 0.197. The van der Waals surface area contributed by atoms with E-state index in [4.69, 9.17) is 19.1 Å². The fourth-order valence-corrected chi connectivity index (χ4v) is 14.0. The van der Waals surface area contributed by atoms with Gasteiger partial charge in [-0.1, -0.05) is 174 Å². The number of benzene rings is 6. The van der Waals surface area contributed by atoms with Crippen LogP contribution in [0, 0.1) is 36.5 Å². The molecule has 6 aromatic carbocycles. The topological polar surface area (TPSA) is 77.5 Å². The van der Waals surface area contributed by atoms with Crippen LogP contribution >= 0.6 is 0 Å². The molecule has 364 valence electrons. The first kappa shape index (κ1) is 45.1. The van der Waals surface area contributed by atoms with Crippen molar-refractivity contribution in [2.75, 3.05) is 10.1 Å². The van der Waals surface area contributed by atoms with Gasteiger partial charge in [0.05, 0.1) is 35.3 Å². The van der Waals surface area contributed by atoms with Crippen molar-refractivity contribution in [3.63, 3.8) is 0 Å². The summed E-state index contributed by atoms with van der Waals surface area (Å²) in [6.45, 7) is 17.6. The number of hydrogen-bond donors (Lipinski definition) is 0. The number of hydrogen-bond acceptors (Lipinski definition) is 8. The zero-order valence-electron chi connectivity index (χ0n) is 42.5. The third kappa shape index (κ3) is 6.18. The van der Waals surface area contributed by atoms with E-state index < -0.39 is 57.2 Å². The molecule has 2 saturated heterocycles. The Labute approximate surface area is 423 Å². The molecule has 0 amide bonds. The lowest BCUT2D eigenvalue weighted by atomic mass is 9.55. The normalized spacial score (nSPS) is 29.9. The molecule has 0 radical (unpaired) electrons. The monoisotopic (exact) mass is 954 g/mol. The van der Waals surface area contributed by atoms with Crippen LogP contribution < -0.4 is 19.6 Å². The van der Waals surface area contributed by atoms with Crippen LogP contribution in [0.4, 0.5) is 11.4 Å². The molecule has 8 unspecified atom stereocenters. The molecule has 0 aromatic heterocycles. The van der Waals surface area contributed by atoms with E-state index in [1.165, 1.54) is 0 Å². The fourth-order valence-electron chi connectivity index (χ4n) is 14.0. The Morgan fingerprint density at radius 2 is 0.819 bits per heavy atom. The van der Waals surface area contributed by atoms with Gasteiger partial charge in [0, 0.05) is 36.8 Å². The van der Waals surface area contributed by atoms with Gasteiger partial charge in [0.25, 0.3) is 0 Å². The van der Waals surface area contributed by atoms with E-state index >= 15 is 9.59 Å². The lowest BCUT2D eigenvalue weighted by Gasteiger charge is -2.51. The molecule has 8 nitrogen and oxygen atoms in total. The Balaban J connectivity index is 1.07. The highest BCUT2D eigenvalue weighted by atomic mass is 16.7. The van der Waals surface area contributed by atoms with E-state index in [2.05, 4.69) is 187 Å². The van der Waals surface area contributed by atoms with E-state index in [1.807, 2.05) is 36.4 Å². The Morgan fingerprint density at radius 1 is 0.458 bits per heavy atom. The van der Waals surface area contributed by atoms with Gasteiger partial charge >= 0.3 is 0 Å².